The van der Waals surface area contributed by atoms with Crippen molar-refractivity contribution in [1.29, 1.82) is 0 Å². The van der Waals surface area contributed by atoms with E-state index >= 15 is 0 Å². The number of hydrogen-bond donors (Lipinski definition) is 1. The van der Waals surface area contributed by atoms with Crippen LogP contribution in [-0.2, 0) is 0 Å². The van der Waals surface area contributed by atoms with Gasteiger partial charge < -0.3 is 5.32 Å². The van der Waals surface area contributed by atoms with Gasteiger partial charge in [0.1, 0.15) is 0 Å². The summed E-state index contributed by atoms with van der Waals surface area (Å²) in [5, 5.41) is 3.48. The van der Waals surface area contributed by atoms with Crippen molar-refractivity contribution >= 4 is 11.3 Å². The van der Waals surface area contributed by atoms with Gasteiger partial charge in [-0.05, 0) is 25.3 Å². The molecule has 2 aromatic rings. The molecule has 0 aliphatic rings. The van der Waals surface area contributed by atoms with E-state index in [2.05, 4.69) is 54.9 Å². The van der Waals surface area contributed by atoms with E-state index < -0.39 is 0 Å². The molecule has 108 valence electrons. The molecule has 5 heteroatoms. The van der Waals surface area contributed by atoms with Crippen LogP contribution >= 0.6 is 11.3 Å². The molecule has 2 aromatic heterocycles. The second-order valence-corrected chi connectivity index (χ2v) is 6.35. The molecule has 1 N–H and O–H groups in total. The third-order valence-corrected chi connectivity index (χ3v) is 4.07. The molecule has 20 heavy (non-hydrogen) atoms. The van der Waals surface area contributed by atoms with Gasteiger partial charge in [0.25, 0.3) is 0 Å². The lowest BCUT2D eigenvalue weighted by Gasteiger charge is -2.19. The summed E-state index contributed by atoms with van der Waals surface area (Å²) in [7, 11) is 0. The highest BCUT2D eigenvalue weighted by Crippen LogP contribution is 2.25. The van der Waals surface area contributed by atoms with Gasteiger partial charge in [0.05, 0.1) is 10.4 Å². The van der Waals surface area contributed by atoms with E-state index in [1.54, 1.807) is 11.3 Å². The van der Waals surface area contributed by atoms with Crippen LogP contribution in [0.4, 0.5) is 0 Å². The molecular weight excluding hydrogens is 268 g/mol. The second kappa shape index (κ2) is 6.41. The largest absolute Gasteiger partial charge is 0.314 e. The first kappa shape index (κ1) is 15.1. The number of aromatic nitrogens is 3. The van der Waals surface area contributed by atoms with Crippen molar-refractivity contribution in [3.63, 3.8) is 0 Å². The lowest BCUT2D eigenvalue weighted by atomic mass is 9.97. The van der Waals surface area contributed by atoms with Crippen LogP contribution < -0.4 is 5.32 Å². The average molecular weight is 290 g/mol. The highest BCUT2D eigenvalue weighted by Gasteiger charge is 2.16. The van der Waals surface area contributed by atoms with Crippen LogP contribution in [0.1, 0.15) is 43.6 Å². The maximum atomic E-state index is 4.66. The average Bonchev–Trinajstić information content (AvgIpc) is 2.89. The van der Waals surface area contributed by atoms with Gasteiger partial charge in [-0.2, -0.15) is 0 Å². The predicted molar refractivity (Wildman–Crippen MR) is 84.2 cm³/mol. The van der Waals surface area contributed by atoms with Crippen LogP contribution in [0.25, 0.3) is 10.7 Å². The minimum Gasteiger partial charge on any atom is -0.314 e. The first-order valence-electron chi connectivity index (χ1n) is 6.96. The number of nitrogens with zero attached hydrogens (tertiary/aromatic N) is 3. The van der Waals surface area contributed by atoms with Gasteiger partial charge in [-0.15, -0.1) is 11.3 Å². The van der Waals surface area contributed by atoms with Gasteiger partial charge in [-0.25, -0.2) is 9.97 Å². The molecule has 1 atom stereocenters. The van der Waals surface area contributed by atoms with Crippen LogP contribution in [0.2, 0.25) is 0 Å². The van der Waals surface area contributed by atoms with E-state index in [-0.39, 0.29) is 0 Å². The third kappa shape index (κ3) is 3.41. The van der Waals surface area contributed by atoms with Crippen molar-refractivity contribution in [2.75, 3.05) is 6.54 Å². The summed E-state index contributed by atoms with van der Waals surface area (Å²) in [6, 6.07) is 0.496. The van der Waals surface area contributed by atoms with E-state index in [0.717, 1.165) is 28.6 Å². The standard InChI is InChI=1S/C15H22N4S/c1-9(2)17-6-10(3)14-11(4)18-15(19-12(14)5)13-7-16-8-20-13/h7-10,17H,6H2,1-5H3. The van der Waals surface area contributed by atoms with E-state index in [1.807, 2.05) is 11.7 Å². The Morgan fingerprint density at radius 1 is 1.15 bits per heavy atom. The zero-order chi connectivity index (χ0) is 14.7. The molecule has 0 saturated heterocycles. The Morgan fingerprint density at radius 3 is 2.30 bits per heavy atom. The Labute approximate surface area is 124 Å². The van der Waals surface area contributed by atoms with E-state index in [1.165, 1.54) is 5.56 Å². The lowest BCUT2D eigenvalue weighted by molar-refractivity contribution is 0.544. The Balaban J connectivity index is 2.27. The van der Waals surface area contributed by atoms with E-state index in [0.29, 0.717) is 12.0 Å². The first-order valence-corrected chi connectivity index (χ1v) is 7.84. The fourth-order valence-electron chi connectivity index (χ4n) is 2.39. The van der Waals surface area contributed by atoms with Gasteiger partial charge in [0, 0.05) is 30.2 Å². The highest BCUT2D eigenvalue weighted by molar-refractivity contribution is 7.13. The van der Waals surface area contributed by atoms with Gasteiger partial charge in [-0.3, -0.25) is 4.98 Å². The van der Waals surface area contributed by atoms with E-state index in [4.69, 9.17) is 0 Å². The Bertz CT molecular complexity index is 540. The monoisotopic (exact) mass is 290 g/mol. The van der Waals surface area contributed by atoms with Crippen molar-refractivity contribution in [3.8, 4) is 10.7 Å². The predicted octanol–water partition coefficient (Wildman–Crippen LogP) is 3.32. The van der Waals surface area contributed by atoms with Crippen LogP contribution in [0.3, 0.4) is 0 Å². The van der Waals surface area contributed by atoms with Gasteiger partial charge >= 0.3 is 0 Å². The van der Waals surface area contributed by atoms with Crippen LogP contribution in [0, 0.1) is 13.8 Å². The van der Waals surface area contributed by atoms with Crippen molar-refractivity contribution in [3.05, 3.63) is 28.7 Å². The van der Waals surface area contributed by atoms with Crippen molar-refractivity contribution < 1.29 is 0 Å². The van der Waals surface area contributed by atoms with E-state index in [9.17, 15) is 0 Å². The maximum absolute atomic E-state index is 4.66. The summed E-state index contributed by atoms with van der Waals surface area (Å²) in [4.78, 5) is 14.4. The normalized spacial score (nSPS) is 12.9. The minimum atomic E-state index is 0.410. The van der Waals surface area contributed by atoms with Gasteiger partial charge in [0.15, 0.2) is 5.82 Å². The summed E-state index contributed by atoms with van der Waals surface area (Å²) in [5.41, 5.74) is 5.20. The fraction of sp³-hybridized carbons (Fsp3) is 0.533. The Kier molecular flexibility index (Phi) is 4.83. The number of aryl methyl sites for hydroxylation is 2. The van der Waals surface area contributed by atoms with Gasteiger partial charge in [-0.1, -0.05) is 20.8 Å². The summed E-state index contributed by atoms with van der Waals surface area (Å²) in [6.07, 6.45) is 1.82. The number of thiazole rings is 1. The molecule has 0 amide bonds. The molecule has 0 saturated carbocycles. The first-order chi connectivity index (χ1) is 9.49. The fourth-order valence-corrected chi connectivity index (χ4v) is 2.94. The maximum Gasteiger partial charge on any atom is 0.171 e. The van der Waals surface area contributed by atoms with Crippen LogP contribution in [0.5, 0.6) is 0 Å². The van der Waals surface area contributed by atoms with Crippen molar-refractivity contribution in [2.45, 2.75) is 46.6 Å². The summed E-state index contributed by atoms with van der Waals surface area (Å²) >= 11 is 1.57. The number of rotatable bonds is 5. The highest BCUT2D eigenvalue weighted by atomic mass is 32.1. The number of nitrogens with one attached hydrogen (secondary N) is 1. The lowest BCUT2D eigenvalue weighted by Crippen LogP contribution is -2.27. The number of hydrogen-bond acceptors (Lipinski definition) is 5. The molecule has 0 spiro atoms. The molecule has 0 bridgehead atoms. The molecule has 0 aromatic carbocycles. The summed E-state index contributed by atoms with van der Waals surface area (Å²) in [6.45, 7) is 11.6. The van der Waals surface area contributed by atoms with Crippen LogP contribution in [0.15, 0.2) is 11.7 Å². The third-order valence-electron chi connectivity index (χ3n) is 3.30. The summed E-state index contributed by atoms with van der Waals surface area (Å²) < 4.78 is 0. The van der Waals surface area contributed by atoms with Crippen LogP contribution in [-0.4, -0.2) is 27.5 Å². The second-order valence-electron chi connectivity index (χ2n) is 5.46. The Morgan fingerprint density at radius 2 is 1.80 bits per heavy atom. The smallest absolute Gasteiger partial charge is 0.171 e. The SMILES string of the molecule is Cc1nc(-c2cncs2)nc(C)c1C(C)CNC(C)C. The molecule has 0 fully saturated rings. The summed E-state index contributed by atoms with van der Waals surface area (Å²) in [5.74, 6) is 1.20. The topological polar surface area (TPSA) is 50.7 Å². The Hall–Kier alpha value is -1.33. The minimum absolute atomic E-state index is 0.410. The molecule has 0 aliphatic carbocycles. The molecule has 0 radical (unpaired) electrons. The molecule has 1 unspecified atom stereocenters. The van der Waals surface area contributed by atoms with Gasteiger partial charge in [0.2, 0.25) is 0 Å². The molecular formula is C15H22N4S. The molecule has 2 heterocycles. The van der Waals surface area contributed by atoms with Crippen molar-refractivity contribution in [2.24, 2.45) is 0 Å². The molecule has 2 rings (SSSR count). The van der Waals surface area contributed by atoms with Crippen molar-refractivity contribution in [1.82, 2.24) is 20.3 Å². The molecule has 4 nitrogen and oxygen atoms in total. The molecule has 0 aliphatic heterocycles. The zero-order valence-electron chi connectivity index (χ0n) is 12.8. The quantitative estimate of drug-likeness (QED) is 0.918. The zero-order valence-corrected chi connectivity index (χ0v) is 13.6.